The maximum Gasteiger partial charge on any atom is 0.220 e. The number of pyridine rings is 1. The first-order chi connectivity index (χ1) is 11.1. The summed E-state index contributed by atoms with van der Waals surface area (Å²) in [6.45, 7) is 0. The molecule has 3 rings (SSSR count). The van der Waals surface area contributed by atoms with Crippen molar-refractivity contribution in [2.24, 2.45) is 13.0 Å². The number of nitrogens with zero attached hydrogens (tertiary/aromatic N) is 4. The smallest absolute Gasteiger partial charge is 0.220 e. The number of carbonyl (C=O) groups excluding carboxylic acids is 1. The Labute approximate surface area is 134 Å². The molecule has 2 aromatic heterocycles. The Bertz CT molecular complexity index is 652. The predicted octanol–water partition coefficient (Wildman–Crippen LogP) is 0.771. The van der Waals surface area contributed by atoms with E-state index in [1.54, 1.807) is 12.5 Å². The highest BCUT2D eigenvalue weighted by molar-refractivity contribution is 5.76. The summed E-state index contributed by atoms with van der Waals surface area (Å²) in [5.41, 5.74) is 0.844. The van der Waals surface area contributed by atoms with Gasteiger partial charge < -0.3 is 15.0 Å². The maximum atomic E-state index is 12.3. The molecule has 122 valence electrons. The molecule has 1 amide bonds. The number of aliphatic hydroxyl groups is 1. The van der Waals surface area contributed by atoms with Gasteiger partial charge in [-0.3, -0.25) is 9.78 Å². The molecule has 2 heterocycles. The van der Waals surface area contributed by atoms with Gasteiger partial charge in [-0.2, -0.15) is 0 Å². The molecule has 0 bridgehead atoms. The number of amides is 1. The van der Waals surface area contributed by atoms with E-state index in [1.165, 1.54) is 0 Å². The van der Waals surface area contributed by atoms with E-state index >= 15 is 0 Å². The lowest BCUT2D eigenvalue weighted by molar-refractivity contribution is -0.123. The van der Waals surface area contributed by atoms with Gasteiger partial charge in [0.2, 0.25) is 5.91 Å². The fraction of sp³-hybridized carbons (Fsp3) is 0.500. The summed E-state index contributed by atoms with van der Waals surface area (Å²) in [5.74, 6) is 0.984. The van der Waals surface area contributed by atoms with Gasteiger partial charge in [0.05, 0.1) is 17.8 Å². The minimum absolute atomic E-state index is 0.0370. The zero-order chi connectivity index (χ0) is 16.2. The first-order valence-electron chi connectivity index (χ1n) is 7.84. The third kappa shape index (κ3) is 3.73. The summed E-state index contributed by atoms with van der Waals surface area (Å²) in [5, 5.41) is 20.4. The van der Waals surface area contributed by atoms with Crippen LogP contribution in [0.25, 0.3) is 0 Å². The summed E-state index contributed by atoms with van der Waals surface area (Å²) >= 11 is 0. The van der Waals surface area contributed by atoms with E-state index in [1.807, 2.05) is 29.8 Å². The Balaban J connectivity index is 1.61. The summed E-state index contributed by atoms with van der Waals surface area (Å²) in [4.78, 5) is 16.7. The Kier molecular flexibility index (Phi) is 4.66. The molecule has 7 nitrogen and oxygen atoms in total. The van der Waals surface area contributed by atoms with Gasteiger partial charge in [0, 0.05) is 26.1 Å². The van der Waals surface area contributed by atoms with E-state index in [9.17, 15) is 9.90 Å². The molecule has 0 spiro atoms. The standard InChI is InChI=1S/C16H21N5O2/c1-21-10-18-20-14(21)5-6-15(23)19-16(11-8-12(22)9-11)13-4-2-3-7-17-13/h2-4,7,10-12,16,22H,5-6,8-9H2,1H3,(H,19,23)/t11?,12?,16-/m0/s1. The van der Waals surface area contributed by atoms with Gasteiger partial charge in [-0.25, -0.2) is 0 Å². The highest BCUT2D eigenvalue weighted by atomic mass is 16.3. The van der Waals surface area contributed by atoms with E-state index in [-0.39, 0.29) is 24.0 Å². The molecule has 1 aliphatic rings. The molecule has 0 radical (unpaired) electrons. The Morgan fingerprint density at radius 2 is 2.30 bits per heavy atom. The average molecular weight is 315 g/mol. The van der Waals surface area contributed by atoms with Gasteiger partial charge in [-0.15, -0.1) is 10.2 Å². The molecular weight excluding hydrogens is 294 g/mol. The highest BCUT2D eigenvalue weighted by Crippen LogP contribution is 2.37. The van der Waals surface area contributed by atoms with E-state index in [0.29, 0.717) is 25.7 Å². The molecule has 0 aliphatic heterocycles. The molecule has 1 aliphatic carbocycles. The summed E-state index contributed by atoms with van der Waals surface area (Å²) in [7, 11) is 1.86. The maximum absolute atomic E-state index is 12.3. The minimum atomic E-state index is -0.262. The van der Waals surface area contributed by atoms with Gasteiger partial charge in [-0.1, -0.05) is 6.07 Å². The number of carbonyl (C=O) groups is 1. The van der Waals surface area contributed by atoms with Crippen molar-refractivity contribution in [3.05, 3.63) is 42.2 Å². The monoisotopic (exact) mass is 315 g/mol. The van der Waals surface area contributed by atoms with Gasteiger partial charge in [0.1, 0.15) is 12.2 Å². The van der Waals surface area contributed by atoms with Crippen LogP contribution in [-0.2, 0) is 18.3 Å². The van der Waals surface area contributed by atoms with Crippen LogP contribution in [0.1, 0.15) is 36.8 Å². The van der Waals surface area contributed by atoms with Crippen molar-refractivity contribution in [3.8, 4) is 0 Å². The third-order valence-corrected chi connectivity index (χ3v) is 4.32. The third-order valence-electron chi connectivity index (χ3n) is 4.32. The largest absolute Gasteiger partial charge is 0.393 e. The van der Waals surface area contributed by atoms with Crippen molar-refractivity contribution in [1.29, 1.82) is 0 Å². The average Bonchev–Trinajstić information content (AvgIpc) is 2.94. The van der Waals surface area contributed by atoms with Crippen LogP contribution in [0.4, 0.5) is 0 Å². The lowest BCUT2D eigenvalue weighted by Crippen LogP contribution is -2.41. The first kappa shape index (κ1) is 15.6. The van der Waals surface area contributed by atoms with Crippen LogP contribution >= 0.6 is 0 Å². The normalized spacial score (nSPS) is 21.5. The quantitative estimate of drug-likeness (QED) is 0.821. The van der Waals surface area contributed by atoms with Gasteiger partial charge in [0.25, 0.3) is 0 Å². The molecule has 2 aromatic rings. The second-order valence-electron chi connectivity index (χ2n) is 6.04. The van der Waals surface area contributed by atoms with Crippen molar-refractivity contribution in [3.63, 3.8) is 0 Å². The van der Waals surface area contributed by atoms with Crippen LogP contribution in [0.15, 0.2) is 30.7 Å². The van der Waals surface area contributed by atoms with Crippen LogP contribution in [0.5, 0.6) is 0 Å². The summed E-state index contributed by atoms with van der Waals surface area (Å²) in [6.07, 6.45) is 5.38. The second kappa shape index (κ2) is 6.87. The number of hydrogen-bond acceptors (Lipinski definition) is 5. The van der Waals surface area contributed by atoms with Crippen molar-refractivity contribution < 1.29 is 9.90 Å². The predicted molar refractivity (Wildman–Crippen MR) is 83.2 cm³/mol. The molecule has 1 saturated carbocycles. The number of aliphatic hydroxyl groups excluding tert-OH is 1. The number of aryl methyl sites for hydroxylation is 2. The molecule has 1 atom stereocenters. The molecule has 2 N–H and O–H groups in total. The van der Waals surface area contributed by atoms with Crippen LogP contribution in [0, 0.1) is 5.92 Å². The first-order valence-corrected chi connectivity index (χ1v) is 7.84. The fourth-order valence-electron chi connectivity index (χ4n) is 2.90. The second-order valence-corrected chi connectivity index (χ2v) is 6.04. The summed E-state index contributed by atoms with van der Waals surface area (Å²) < 4.78 is 1.81. The zero-order valence-corrected chi connectivity index (χ0v) is 13.1. The Morgan fingerprint density at radius 3 is 2.91 bits per heavy atom. The van der Waals surface area contributed by atoms with Crippen LogP contribution in [-0.4, -0.2) is 36.9 Å². The van der Waals surface area contributed by atoms with Gasteiger partial charge in [-0.05, 0) is 30.9 Å². The number of rotatable bonds is 6. The van der Waals surface area contributed by atoms with Crippen molar-refractivity contribution in [2.75, 3.05) is 0 Å². The SMILES string of the molecule is Cn1cnnc1CCC(=O)N[C@H](c1ccccn1)C1CC(O)C1. The number of nitrogens with one attached hydrogen (secondary N) is 1. The van der Waals surface area contributed by atoms with Crippen molar-refractivity contribution in [1.82, 2.24) is 25.1 Å². The van der Waals surface area contributed by atoms with E-state index in [0.717, 1.165) is 11.5 Å². The number of hydrogen-bond donors (Lipinski definition) is 2. The lowest BCUT2D eigenvalue weighted by Gasteiger charge is -2.37. The minimum Gasteiger partial charge on any atom is -0.393 e. The molecule has 7 heteroatoms. The molecule has 0 unspecified atom stereocenters. The van der Waals surface area contributed by atoms with Gasteiger partial charge >= 0.3 is 0 Å². The Hall–Kier alpha value is -2.28. The Morgan fingerprint density at radius 1 is 1.48 bits per heavy atom. The van der Waals surface area contributed by atoms with E-state index in [4.69, 9.17) is 0 Å². The molecule has 0 aromatic carbocycles. The van der Waals surface area contributed by atoms with Crippen LogP contribution in [0.2, 0.25) is 0 Å². The van der Waals surface area contributed by atoms with Crippen LogP contribution < -0.4 is 5.32 Å². The van der Waals surface area contributed by atoms with Crippen molar-refractivity contribution in [2.45, 2.75) is 37.8 Å². The summed E-state index contributed by atoms with van der Waals surface area (Å²) in [6, 6.07) is 5.53. The van der Waals surface area contributed by atoms with E-state index in [2.05, 4.69) is 20.5 Å². The number of aromatic nitrogens is 4. The highest BCUT2D eigenvalue weighted by Gasteiger charge is 2.36. The molecule has 1 fully saturated rings. The van der Waals surface area contributed by atoms with E-state index < -0.39 is 0 Å². The fourth-order valence-corrected chi connectivity index (χ4v) is 2.90. The molecule has 23 heavy (non-hydrogen) atoms. The topological polar surface area (TPSA) is 92.9 Å². The zero-order valence-electron chi connectivity index (χ0n) is 13.1. The van der Waals surface area contributed by atoms with Crippen molar-refractivity contribution >= 4 is 5.91 Å². The lowest BCUT2D eigenvalue weighted by atomic mass is 9.76. The van der Waals surface area contributed by atoms with Gasteiger partial charge in [0.15, 0.2) is 0 Å². The van der Waals surface area contributed by atoms with Crippen LogP contribution in [0.3, 0.4) is 0 Å². The molecular formula is C16H21N5O2. The molecule has 0 saturated heterocycles.